The summed E-state index contributed by atoms with van der Waals surface area (Å²) < 4.78 is 5.80. The Kier molecular flexibility index (Phi) is 4.10. The van der Waals surface area contributed by atoms with Crippen LogP contribution in [0.1, 0.15) is 18.4 Å². The standard InChI is InChI=1S/C15H14Cl2N2O/c16-13-6-5-12(8-14(13)17)20-15-10(2-1-7-18-15)9-19-11-3-4-11/h1-2,5-8,11,19H,3-4,9H2. The minimum absolute atomic E-state index is 0.470. The zero-order valence-electron chi connectivity index (χ0n) is 10.8. The Morgan fingerprint density at radius 2 is 2.05 bits per heavy atom. The van der Waals surface area contributed by atoms with Gasteiger partial charge in [-0.1, -0.05) is 29.3 Å². The first kappa shape index (κ1) is 13.7. The van der Waals surface area contributed by atoms with Crippen molar-refractivity contribution < 1.29 is 4.74 Å². The van der Waals surface area contributed by atoms with Crippen LogP contribution in [-0.2, 0) is 6.54 Å². The Bertz CT molecular complexity index is 615. The molecule has 5 heteroatoms. The maximum Gasteiger partial charge on any atom is 0.223 e. The molecule has 104 valence electrons. The van der Waals surface area contributed by atoms with E-state index in [-0.39, 0.29) is 0 Å². The number of nitrogens with one attached hydrogen (secondary N) is 1. The van der Waals surface area contributed by atoms with Crippen LogP contribution in [0.3, 0.4) is 0 Å². The fraction of sp³-hybridized carbons (Fsp3) is 0.267. The Hall–Kier alpha value is -1.29. The van der Waals surface area contributed by atoms with Crippen molar-refractivity contribution >= 4 is 23.2 Å². The molecular formula is C15H14Cl2N2O. The highest BCUT2D eigenvalue weighted by molar-refractivity contribution is 6.42. The second kappa shape index (κ2) is 6.00. The molecule has 1 fully saturated rings. The van der Waals surface area contributed by atoms with Crippen molar-refractivity contribution in [3.05, 3.63) is 52.1 Å². The van der Waals surface area contributed by atoms with Crippen LogP contribution in [-0.4, -0.2) is 11.0 Å². The topological polar surface area (TPSA) is 34.1 Å². The van der Waals surface area contributed by atoms with Gasteiger partial charge in [0.15, 0.2) is 0 Å². The van der Waals surface area contributed by atoms with Crippen molar-refractivity contribution in [3.63, 3.8) is 0 Å². The minimum Gasteiger partial charge on any atom is -0.439 e. The summed E-state index contributed by atoms with van der Waals surface area (Å²) in [5.41, 5.74) is 1.03. The van der Waals surface area contributed by atoms with E-state index >= 15 is 0 Å². The zero-order chi connectivity index (χ0) is 13.9. The first-order chi connectivity index (χ1) is 9.72. The molecule has 0 atom stereocenters. The average Bonchev–Trinajstić information content (AvgIpc) is 3.26. The lowest BCUT2D eigenvalue weighted by atomic mass is 10.2. The van der Waals surface area contributed by atoms with Gasteiger partial charge in [0.05, 0.1) is 10.0 Å². The van der Waals surface area contributed by atoms with E-state index in [4.69, 9.17) is 27.9 Å². The normalized spacial score (nSPS) is 14.3. The predicted octanol–water partition coefficient (Wildman–Crippen LogP) is 4.43. The van der Waals surface area contributed by atoms with Crippen molar-refractivity contribution in [2.24, 2.45) is 0 Å². The first-order valence-electron chi connectivity index (χ1n) is 6.52. The van der Waals surface area contributed by atoms with Crippen LogP contribution in [0.25, 0.3) is 0 Å². The summed E-state index contributed by atoms with van der Waals surface area (Å²) in [6.45, 7) is 0.759. The molecule has 0 radical (unpaired) electrons. The molecule has 1 heterocycles. The lowest BCUT2D eigenvalue weighted by Gasteiger charge is -2.11. The largest absolute Gasteiger partial charge is 0.439 e. The maximum absolute atomic E-state index is 5.99. The Morgan fingerprint density at radius 1 is 1.20 bits per heavy atom. The van der Waals surface area contributed by atoms with Crippen LogP contribution < -0.4 is 10.1 Å². The Morgan fingerprint density at radius 3 is 2.80 bits per heavy atom. The van der Waals surface area contributed by atoms with Gasteiger partial charge in [-0.3, -0.25) is 0 Å². The molecule has 1 aliphatic carbocycles. The van der Waals surface area contributed by atoms with Crippen molar-refractivity contribution in [1.29, 1.82) is 0 Å². The third kappa shape index (κ3) is 3.42. The molecule has 0 aliphatic heterocycles. The van der Waals surface area contributed by atoms with Gasteiger partial charge < -0.3 is 10.1 Å². The van der Waals surface area contributed by atoms with Gasteiger partial charge >= 0.3 is 0 Å². The third-order valence-corrected chi connectivity index (χ3v) is 3.85. The van der Waals surface area contributed by atoms with E-state index in [2.05, 4.69) is 10.3 Å². The van der Waals surface area contributed by atoms with Gasteiger partial charge in [-0.2, -0.15) is 0 Å². The van der Waals surface area contributed by atoms with E-state index in [1.165, 1.54) is 12.8 Å². The molecule has 0 amide bonds. The second-order valence-corrected chi connectivity index (χ2v) is 5.62. The first-order valence-corrected chi connectivity index (χ1v) is 7.28. The number of benzene rings is 1. The van der Waals surface area contributed by atoms with Gasteiger partial charge in [-0.05, 0) is 31.0 Å². The van der Waals surface area contributed by atoms with Gasteiger partial charge in [0, 0.05) is 30.4 Å². The highest BCUT2D eigenvalue weighted by Crippen LogP contribution is 2.30. The second-order valence-electron chi connectivity index (χ2n) is 4.80. The molecule has 0 spiro atoms. The summed E-state index contributed by atoms with van der Waals surface area (Å²) in [4.78, 5) is 4.29. The van der Waals surface area contributed by atoms with Gasteiger partial charge in [-0.15, -0.1) is 0 Å². The highest BCUT2D eigenvalue weighted by atomic mass is 35.5. The summed E-state index contributed by atoms with van der Waals surface area (Å²) in [6.07, 6.45) is 4.22. The zero-order valence-corrected chi connectivity index (χ0v) is 12.3. The summed E-state index contributed by atoms with van der Waals surface area (Å²) in [5.74, 6) is 1.23. The van der Waals surface area contributed by atoms with Crippen molar-refractivity contribution in [1.82, 2.24) is 10.3 Å². The number of halogens is 2. The van der Waals surface area contributed by atoms with Crippen LogP contribution in [0, 0.1) is 0 Å². The van der Waals surface area contributed by atoms with E-state index in [0.717, 1.165) is 12.1 Å². The molecule has 3 nitrogen and oxygen atoms in total. The Labute approximate surface area is 127 Å². The van der Waals surface area contributed by atoms with Gasteiger partial charge in [-0.25, -0.2) is 4.98 Å². The lowest BCUT2D eigenvalue weighted by molar-refractivity contribution is 0.453. The van der Waals surface area contributed by atoms with Crippen LogP contribution >= 0.6 is 23.2 Å². The summed E-state index contributed by atoms with van der Waals surface area (Å²) >= 11 is 11.9. The highest BCUT2D eigenvalue weighted by Gasteiger charge is 2.20. The SMILES string of the molecule is Clc1ccc(Oc2ncccc2CNC2CC2)cc1Cl. The number of nitrogens with zero attached hydrogens (tertiary/aromatic N) is 1. The maximum atomic E-state index is 5.99. The van der Waals surface area contributed by atoms with E-state index in [1.807, 2.05) is 12.1 Å². The molecule has 0 saturated heterocycles. The molecule has 1 N–H and O–H groups in total. The molecular weight excluding hydrogens is 295 g/mol. The van der Waals surface area contributed by atoms with Crippen molar-refractivity contribution in [2.75, 3.05) is 0 Å². The van der Waals surface area contributed by atoms with Crippen LogP contribution in [0.5, 0.6) is 11.6 Å². The number of aromatic nitrogens is 1. The number of ether oxygens (including phenoxy) is 1. The summed E-state index contributed by atoms with van der Waals surface area (Å²) in [5, 5.41) is 4.43. The quantitative estimate of drug-likeness (QED) is 0.887. The van der Waals surface area contributed by atoms with E-state index < -0.39 is 0 Å². The molecule has 1 aromatic carbocycles. The number of hydrogen-bond donors (Lipinski definition) is 1. The smallest absolute Gasteiger partial charge is 0.223 e. The number of pyridine rings is 1. The van der Waals surface area contributed by atoms with Crippen LogP contribution in [0.15, 0.2) is 36.5 Å². The fourth-order valence-electron chi connectivity index (χ4n) is 1.84. The van der Waals surface area contributed by atoms with Gasteiger partial charge in [0.2, 0.25) is 5.88 Å². The van der Waals surface area contributed by atoms with Crippen LogP contribution in [0.2, 0.25) is 10.0 Å². The molecule has 1 aromatic heterocycles. The monoisotopic (exact) mass is 308 g/mol. The molecule has 3 rings (SSSR count). The molecule has 2 aromatic rings. The third-order valence-electron chi connectivity index (χ3n) is 3.11. The van der Waals surface area contributed by atoms with E-state index in [1.54, 1.807) is 24.4 Å². The van der Waals surface area contributed by atoms with Crippen molar-refractivity contribution in [3.8, 4) is 11.6 Å². The molecule has 1 saturated carbocycles. The van der Waals surface area contributed by atoms with Gasteiger partial charge in [0.25, 0.3) is 0 Å². The molecule has 20 heavy (non-hydrogen) atoms. The number of rotatable bonds is 5. The van der Waals surface area contributed by atoms with E-state index in [9.17, 15) is 0 Å². The fourth-order valence-corrected chi connectivity index (χ4v) is 2.13. The summed E-state index contributed by atoms with van der Waals surface area (Å²) in [6, 6.07) is 9.75. The molecule has 0 unspecified atom stereocenters. The molecule has 0 bridgehead atoms. The summed E-state index contributed by atoms with van der Waals surface area (Å²) in [7, 11) is 0. The van der Waals surface area contributed by atoms with Crippen molar-refractivity contribution in [2.45, 2.75) is 25.4 Å². The van der Waals surface area contributed by atoms with Crippen LogP contribution in [0.4, 0.5) is 0 Å². The average molecular weight is 309 g/mol. The number of hydrogen-bond acceptors (Lipinski definition) is 3. The lowest BCUT2D eigenvalue weighted by Crippen LogP contribution is -2.16. The van der Waals surface area contributed by atoms with Gasteiger partial charge in [0.1, 0.15) is 5.75 Å². The molecule has 1 aliphatic rings. The predicted molar refractivity (Wildman–Crippen MR) is 80.6 cm³/mol. The Balaban J connectivity index is 1.76. The van der Waals surface area contributed by atoms with E-state index in [0.29, 0.717) is 27.7 Å². The minimum atomic E-state index is 0.470.